The fourth-order valence-electron chi connectivity index (χ4n) is 1.77. The van der Waals surface area contributed by atoms with Crippen LogP contribution in [0, 0.1) is 0 Å². The first-order chi connectivity index (χ1) is 9.60. The fraction of sp³-hybridized carbons (Fsp3) is 0.500. The molecule has 0 spiro atoms. The number of rotatable bonds is 7. The molecule has 1 rings (SSSR count). The molecule has 0 aromatic heterocycles. The van der Waals surface area contributed by atoms with Gasteiger partial charge in [-0.05, 0) is 30.5 Å². The second-order valence-corrected chi connectivity index (χ2v) is 6.99. The predicted octanol–water partition coefficient (Wildman–Crippen LogP) is 0.516. The van der Waals surface area contributed by atoms with Gasteiger partial charge in [0.1, 0.15) is 11.9 Å². The topological polar surface area (TPSA) is 115 Å². The number of aliphatic hydroxyl groups excluding tert-OH is 3. The summed E-state index contributed by atoms with van der Waals surface area (Å²) in [6.07, 6.45) is -4.50. The molecule has 10 heteroatoms. The van der Waals surface area contributed by atoms with Crippen LogP contribution in [0.2, 0.25) is 10.0 Å². The Labute approximate surface area is 161 Å². The maximum absolute atomic E-state index is 10.6. The van der Waals surface area contributed by atoms with Crippen molar-refractivity contribution < 1.29 is 28.3 Å². The minimum Gasteiger partial charge on any atom is -0.390 e. The van der Waals surface area contributed by atoms with E-state index in [1.807, 2.05) is 0 Å². The van der Waals surface area contributed by atoms with Crippen LogP contribution in [0.15, 0.2) is 18.2 Å². The van der Waals surface area contributed by atoms with Crippen LogP contribution < -0.4 is 0 Å². The molecule has 0 saturated carbocycles. The molecule has 4 N–H and O–H groups in total. The van der Waals surface area contributed by atoms with Gasteiger partial charge in [0.05, 0.1) is 12.2 Å². The van der Waals surface area contributed by atoms with Gasteiger partial charge in [-0.15, -0.1) is 0 Å². The zero-order valence-corrected chi connectivity index (χ0v) is 16.2. The zero-order valence-electron chi connectivity index (χ0n) is 11.9. The van der Waals surface area contributed by atoms with Gasteiger partial charge < -0.3 is 15.3 Å². The number of aliphatic hydroxyl groups is 3. The van der Waals surface area contributed by atoms with Gasteiger partial charge >= 0.3 is 0 Å². The summed E-state index contributed by atoms with van der Waals surface area (Å²) in [5, 5.41) is 29.6. The SMILES string of the molecule is O=S(=O)(O)C[C@H](O)[C@@H](O)[C@H](O)CCc1ccc(Cl)cc1Cl.[Na]. The summed E-state index contributed by atoms with van der Waals surface area (Å²) in [5.41, 5.74) is 0.691. The summed E-state index contributed by atoms with van der Waals surface area (Å²) >= 11 is 11.7. The van der Waals surface area contributed by atoms with Gasteiger partial charge in [-0.3, -0.25) is 4.55 Å². The normalized spacial score (nSPS) is 15.7. The first kappa shape index (κ1) is 22.6. The molecule has 0 aliphatic heterocycles. The van der Waals surface area contributed by atoms with E-state index in [2.05, 4.69) is 0 Å². The largest absolute Gasteiger partial charge is 0.390 e. The molecule has 0 unspecified atom stereocenters. The summed E-state index contributed by atoms with van der Waals surface area (Å²) in [4.78, 5) is 0. The molecule has 0 aliphatic carbocycles. The molecule has 22 heavy (non-hydrogen) atoms. The van der Waals surface area contributed by atoms with Crippen molar-refractivity contribution >= 4 is 62.9 Å². The number of benzene rings is 1. The number of hydrogen-bond donors (Lipinski definition) is 4. The van der Waals surface area contributed by atoms with E-state index in [0.29, 0.717) is 22.0 Å². The Morgan fingerprint density at radius 3 is 2.18 bits per heavy atom. The zero-order chi connectivity index (χ0) is 16.2. The van der Waals surface area contributed by atoms with Crippen molar-refractivity contribution in [1.82, 2.24) is 0 Å². The third-order valence-corrected chi connectivity index (χ3v) is 4.24. The Bertz CT molecular complexity index is 583. The molecule has 1 aromatic rings. The van der Waals surface area contributed by atoms with E-state index in [1.165, 1.54) is 6.07 Å². The van der Waals surface area contributed by atoms with Gasteiger partial charge in [-0.2, -0.15) is 8.42 Å². The molecule has 0 saturated heterocycles. The van der Waals surface area contributed by atoms with Gasteiger partial charge in [-0.1, -0.05) is 29.3 Å². The molecule has 0 heterocycles. The third kappa shape index (κ3) is 7.92. The van der Waals surface area contributed by atoms with Crippen LogP contribution in [-0.2, 0) is 16.5 Å². The molecule has 0 aliphatic rings. The fourth-order valence-corrected chi connectivity index (χ4v) is 2.90. The molecular weight excluding hydrogens is 366 g/mol. The van der Waals surface area contributed by atoms with E-state index in [1.54, 1.807) is 12.1 Å². The monoisotopic (exact) mass is 381 g/mol. The Morgan fingerprint density at radius 2 is 1.68 bits per heavy atom. The maximum Gasteiger partial charge on any atom is 0.267 e. The van der Waals surface area contributed by atoms with Crippen molar-refractivity contribution in [1.29, 1.82) is 0 Å². The quantitative estimate of drug-likeness (QED) is 0.404. The first-order valence-corrected chi connectivity index (χ1v) is 8.40. The van der Waals surface area contributed by atoms with Crippen LogP contribution in [0.1, 0.15) is 12.0 Å². The second kappa shape index (κ2) is 9.78. The average Bonchev–Trinajstić information content (AvgIpc) is 2.34. The van der Waals surface area contributed by atoms with Crippen LogP contribution in [0.5, 0.6) is 0 Å². The predicted molar refractivity (Wildman–Crippen MR) is 85.0 cm³/mol. The minimum atomic E-state index is -4.44. The van der Waals surface area contributed by atoms with Crippen LogP contribution >= 0.6 is 23.2 Å². The van der Waals surface area contributed by atoms with Crippen LogP contribution in [0.25, 0.3) is 0 Å². The van der Waals surface area contributed by atoms with Gasteiger partial charge in [-0.25, -0.2) is 0 Å². The Kier molecular flexibility index (Phi) is 10.0. The van der Waals surface area contributed by atoms with E-state index in [0.717, 1.165) is 0 Å². The number of halogens is 2. The van der Waals surface area contributed by atoms with Crippen LogP contribution in [0.4, 0.5) is 0 Å². The van der Waals surface area contributed by atoms with Gasteiger partial charge in [0.25, 0.3) is 10.1 Å². The van der Waals surface area contributed by atoms with Crippen LogP contribution in [0.3, 0.4) is 0 Å². The Hall–Kier alpha value is 0.590. The molecular formula is C12H16Cl2NaO6S. The van der Waals surface area contributed by atoms with Crippen molar-refractivity contribution in [2.24, 2.45) is 0 Å². The Balaban J connectivity index is 0.00000441. The van der Waals surface area contributed by atoms with Crippen molar-refractivity contribution in [3.63, 3.8) is 0 Å². The van der Waals surface area contributed by atoms with Gasteiger partial charge in [0.15, 0.2) is 0 Å². The van der Waals surface area contributed by atoms with E-state index in [4.69, 9.17) is 27.8 Å². The van der Waals surface area contributed by atoms with E-state index < -0.39 is 34.2 Å². The Morgan fingerprint density at radius 1 is 1.09 bits per heavy atom. The molecule has 3 atom stereocenters. The second-order valence-electron chi connectivity index (χ2n) is 4.65. The van der Waals surface area contributed by atoms with Gasteiger partial charge in [0.2, 0.25) is 0 Å². The van der Waals surface area contributed by atoms with E-state index in [9.17, 15) is 23.7 Å². The molecule has 0 fully saturated rings. The molecule has 6 nitrogen and oxygen atoms in total. The van der Waals surface area contributed by atoms with Gasteiger partial charge in [0, 0.05) is 39.6 Å². The third-order valence-electron chi connectivity index (χ3n) is 2.89. The van der Waals surface area contributed by atoms with E-state index >= 15 is 0 Å². The van der Waals surface area contributed by atoms with Crippen molar-refractivity contribution in [3.8, 4) is 0 Å². The summed E-state index contributed by atoms with van der Waals surface area (Å²) in [6, 6.07) is 4.82. The van der Waals surface area contributed by atoms with Crippen molar-refractivity contribution in [2.45, 2.75) is 31.2 Å². The number of aryl methyl sites for hydroxylation is 1. The van der Waals surface area contributed by atoms with Crippen molar-refractivity contribution in [2.75, 3.05) is 5.75 Å². The molecule has 121 valence electrons. The maximum atomic E-state index is 10.6. The van der Waals surface area contributed by atoms with Crippen molar-refractivity contribution in [3.05, 3.63) is 33.8 Å². The molecule has 1 aromatic carbocycles. The summed E-state index contributed by atoms with van der Waals surface area (Å²) in [5.74, 6) is -1.05. The molecule has 0 amide bonds. The molecule has 0 bridgehead atoms. The number of hydrogen-bond acceptors (Lipinski definition) is 5. The standard InChI is InChI=1S/C12H16Cl2O6S.Na/c13-8-3-1-7(9(14)5-8)2-4-10(15)12(17)11(16)6-21(18,19)20;/h1,3,5,10-12,15-17H,2,4,6H2,(H,18,19,20);/t10-,11+,12+;/m1./s1. The summed E-state index contributed by atoms with van der Waals surface area (Å²) in [6.45, 7) is 0. The molecule has 1 radical (unpaired) electrons. The smallest absolute Gasteiger partial charge is 0.267 e. The van der Waals surface area contributed by atoms with Crippen LogP contribution in [-0.4, -0.2) is 81.9 Å². The minimum absolute atomic E-state index is 0. The van der Waals surface area contributed by atoms with E-state index in [-0.39, 0.29) is 36.0 Å². The first-order valence-electron chi connectivity index (χ1n) is 6.03. The summed E-state index contributed by atoms with van der Waals surface area (Å²) < 4.78 is 29.8. The average molecular weight is 382 g/mol. The summed E-state index contributed by atoms with van der Waals surface area (Å²) in [7, 11) is -4.44.